The van der Waals surface area contributed by atoms with Crippen molar-refractivity contribution >= 4 is 79.4 Å². The number of aliphatic hydroxyl groups excluding tert-OH is 1. The molecular formula is C56H62N6O6Si2. The van der Waals surface area contributed by atoms with E-state index in [2.05, 4.69) is 51.4 Å². The van der Waals surface area contributed by atoms with Gasteiger partial charge in [0.1, 0.15) is 19.6 Å². The highest BCUT2D eigenvalue weighted by Crippen LogP contribution is 2.30. The summed E-state index contributed by atoms with van der Waals surface area (Å²) in [6.07, 6.45) is 7.05. The quantitative estimate of drug-likeness (QED) is 0.0201. The summed E-state index contributed by atoms with van der Waals surface area (Å²) < 4.78 is 15.6. The number of fused-ring (bicyclic) bond motifs is 2. The van der Waals surface area contributed by atoms with Crippen LogP contribution in [0.5, 0.6) is 0 Å². The van der Waals surface area contributed by atoms with Gasteiger partial charge >= 0.3 is 0 Å². The van der Waals surface area contributed by atoms with Gasteiger partial charge in [0.2, 0.25) is 0 Å². The van der Waals surface area contributed by atoms with Crippen LogP contribution >= 0.6 is 0 Å². The van der Waals surface area contributed by atoms with E-state index < -0.39 is 27.2 Å². The van der Waals surface area contributed by atoms with Gasteiger partial charge in [-0.15, -0.1) is 0 Å². The molecule has 3 N–H and O–H groups in total. The summed E-state index contributed by atoms with van der Waals surface area (Å²) in [6.45, 7) is 16.0. The summed E-state index contributed by atoms with van der Waals surface area (Å²) in [5.74, 6) is -0.0667. The molecule has 8 aromatic rings. The normalized spacial score (nSPS) is 12.4. The van der Waals surface area contributed by atoms with Gasteiger partial charge in [-0.05, 0) is 76.8 Å². The third-order valence-corrected chi connectivity index (χ3v) is 15.0. The van der Waals surface area contributed by atoms with Gasteiger partial charge in [0.25, 0.3) is 5.69 Å². The van der Waals surface area contributed by atoms with Crippen molar-refractivity contribution < 1.29 is 24.3 Å². The highest BCUT2D eigenvalue weighted by molar-refractivity contribution is 6.76. The molecule has 14 heteroatoms. The van der Waals surface area contributed by atoms with Gasteiger partial charge in [-0.25, -0.2) is 9.36 Å². The summed E-state index contributed by atoms with van der Waals surface area (Å²) in [5, 5.41) is 33.7. The molecule has 0 aliphatic heterocycles. The van der Waals surface area contributed by atoms with E-state index in [-0.39, 0.29) is 11.5 Å². The molecule has 0 fully saturated rings. The molecule has 0 spiro atoms. The fourth-order valence-corrected chi connectivity index (χ4v) is 9.07. The minimum absolute atomic E-state index is 0.0539. The van der Waals surface area contributed by atoms with Crippen molar-refractivity contribution in [3.63, 3.8) is 0 Å². The number of nitrogens with zero attached hydrogens (tertiary/aromatic N) is 5. The number of ether oxygens (including phenoxy) is 2. The van der Waals surface area contributed by atoms with Gasteiger partial charge in [0.15, 0.2) is 5.78 Å². The monoisotopic (exact) mass is 970 g/mol. The molecule has 0 aliphatic rings. The van der Waals surface area contributed by atoms with Crippen LogP contribution in [0.3, 0.4) is 0 Å². The molecule has 1 unspecified atom stereocenters. The van der Waals surface area contributed by atoms with Crippen LogP contribution in [0.2, 0.25) is 51.4 Å². The van der Waals surface area contributed by atoms with Crippen LogP contribution in [-0.2, 0) is 22.9 Å². The molecule has 360 valence electrons. The number of nitro benzene ring substituents is 1. The number of nitro groups is 1. The number of aromatic nitrogens is 4. The Bertz CT molecular complexity index is 3120. The number of aliphatic hydroxyl groups is 1. The fourth-order valence-electron chi connectivity index (χ4n) is 7.56. The molecule has 2 aromatic heterocycles. The molecule has 0 saturated carbocycles. The van der Waals surface area contributed by atoms with Gasteiger partial charge in [0.05, 0.1) is 27.3 Å². The third kappa shape index (κ3) is 14.0. The molecule has 1 atom stereocenters. The van der Waals surface area contributed by atoms with Crippen molar-refractivity contribution in [3.8, 4) is 0 Å². The minimum Gasteiger partial charge on any atom is -0.399 e. The van der Waals surface area contributed by atoms with E-state index in [1.54, 1.807) is 36.4 Å². The summed E-state index contributed by atoms with van der Waals surface area (Å²) in [7, 11) is -2.40. The highest BCUT2D eigenvalue weighted by Gasteiger charge is 2.19. The average Bonchev–Trinajstić information content (AvgIpc) is 3.88. The van der Waals surface area contributed by atoms with E-state index in [4.69, 9.17) is 25.4 Å². The maximum absolute atomic E-state index is 13.1. The number of anilines is 1. The second-order valence-electron chi connectivity index (χ2n) is 19.7. The zero-order valence-electron chi connectivity index (χ0n) is 40.8. The van der Waals surface area contributed by atoms with Gasteiger partial charge in [-0.1, -0.05) is 155 Å². The maximum Gasteiger partial charge on any atom is 0.269 e. The molecule has 0 aliphatic carbocycles. The van der Waals surface area contributed by atoms with Crippen molar-refractivity contribution in [3.05, 3.63) is 200 Å². The van der Waals surface area contributed by atoms with Crippen molar-refractivity contribution in [2.24, 2.45) is 0 Å². The smallest absolute Gasteiger partial charge is 0.269 e. The van der Waals surface area contributed by atoms with Crippen LogP contribution < -0.4 is 5.73 Å². The number of nitrogen functional groups attached to an aromatic ring is 1. The summed E-state index contributed by atoms with van der Waals surface area (Å²) in [6, 6.07) is 46.8. The fraction of sp³-hybridized carbons (Fsp3) is 0.232. The van der Waals surface area contributed by atoms with Crippen molar-refractivity contribution in [2.45, 2.75) is 70.9 Å². The molecule has 0 amide bonds. The zero-order chi connectivity index (χ0) is 49.8. The number of rotatable bonds is 19. The zero-order valence-corrected chi connectivity index (χ0v) is 42.8. The number of hydrogen-bond acceptors (Lipinski definition) is 9. The van der Waals surface area contributed by atoms with Crippen molar-refractivity contribution in [2.75, 3.05) is 18.9 Å². The van der Waals surface area contributed by atoms with Crippen LogP contribution in [0, 0.1) is 10.1 Å². The lowest BCUT2D eigenvalue weighted by Gasteiger charge is -2.15. The minimum atomic E-state index is -1.22. The highest BCUT2D eigenvalue weighted by atomic mass is 28.3. The largest absolute Gasteiger partial charge is 0.399 e. The number of nitrogens with two attached hydrogens (primary N) is 1. The molecular weight excluding hydrogens is 909 g/mol. The first-order valence-electron chi connectivity index (χ1n) is 23.5. The lowest BCUT2D eigenvalue weighted by molar-refractivity contribution is -0.385. The predicted octanol–water partition coefficient (Wildman–Crippen LogP) is 12.8. The molecule has 8 rings (SSSR count). The number of carbonyl (C=O) groups excluding carboxylic acids is 1. The number of non-ortho nitro benzene ring substituents is 1. The summed E-state index contributed by atoms with van der Waals surface area (Å²) >= 11 is 0. The summed E-state index contributed by atoms with van der Waals surface area (Å²) in [5.41, 5.74) is 14.2. The number of carbonyl (C=O) groups is 1. The van der Waals surface area contributed by atoms with Crippen LogP contribution in [0.1, 0.15) is 55.7 Å². The van der Waals surface area contributed by atoms with E-state index in [0.717, 1.165) is 56.4 Å². The Morgan fingerprint density at radius 2 is 1.13 bits per heavy atom. The molecule has 12 nitrogen and oxygen atoms in total. The van der Waals surface area contributed by atoms with E-state index in [1.165, 1.54) is 12.1 Å². The first-order valence-corrected chi connectivity index (χ1v) is 30.9. The van der Waals surface area contributed by atoms with Crippen LogP contribution in [0.25, 0.3) is 46.1 Å². The van der Waals surface area contributed by atoms with Gasteiger partial charge in [-0.2, -0.15) is 10.2 Å². The maximum atomic E-state index is 13.1. The number of ketones is 1. The second kappa shape index (κ2) is 23.0. The number of hydrogen-bond donors (Lipinski definition) is 2. The topological polar surface area (TPSA) is 161 Å². The van der Waals surface area contributed by atoms with Crippen LogP contribution in [-0.4, -0.2) is 64.7 Å². The Kier molecular flexibility index (Phi) is 16.7. The molecule has 0 radical (unpaired) electrons. The van der Waals surface area contributed by atoms with E-state index in [9.17, 15) is 20.0 Å². The van der Waals surface area contributed by atoms with Crippen LogP contribution in [0.4, 0.5) is 11.4 Å². The Labute approximate surface area is 411 Å². The third-order valence-electron chi connectivity index (χ3n) is 11.6. The first-order chi connectivity index (χ1) is 33.5. The lowest BCUT2D eigenvalue weighted by atomic mass is 9.99. The van der Waals surface area contributed by atoms with Crippen molar-refractivity contribution in [1.82, 2.24) is 19.6 Å². The van der Waals surface area contributed by atoms with E-state index in [0.29, 0.717) is 54.6 Å². The van der Waals surface area contributed by atoms with Gasteiger partial charge in [-0.3, -0.25) is 14.9 Å². The standard InChI is InChI=1S/C28H31N3O4Si.C28H31N3O2Si/c1-36(2,3)17-16-35-20-30-27-19-23(28(32)22-10-7-11-24(18-22)31(33)34)13-14-25(27)26(29-30)15-12-21-8-5-4-6-9-21;1-34(2,3)17-16-33-20-31-27-19-23(28(32)22-10-7-11-24(29)18-22)13-14-25(27)26(30-31)15-12-21-8-5-4-6-9-21/h4-15,18-19,28,32H,16-17,20H2,1-3H3;4-15,18-19H,16-17,20,29H2,1-3H3/b2*15-12+. The second-order valence-corrected chi connectivity index (χ2v) is 30.9. The van der Waals surface area contributed by atoms with E-state index in [1.807, 2.05) is 119 Å². The molecule has 0 saturated heterocycles. The first kappa shape index (κ1) is 50.8. The number of benzene rings is 6. The molecule has 6 aromatic carbocycles. The summed E-state index contributed by atoms with van der Waals surface area (Å²) in [4.78, 5) is 23.8. The molecule has 2 heterocycles. The predicted molar refractivity (Wildman–Crippen MR) is 290 cm³/mol. The lowest BCUT2D eigenvalue weighted by Crippen LogP contribution is -2.22. The van der Waals surface area contributed by atoms with Crippen molar-refractivity contribution in [1.29, 1.82) is 0 Å². The molecule has 0 bridgehead atoms. The Hall–Kier alpha value is -7.08. The van der Waals surface area contributed by atoms with E-state index >= 15 is 0 Å². The Morgan fingerprint density at radius 3 is 1.66 bits per heavy atom. The molecule has 70 heavy (non-hydrogen) atoms. The van der Waals surface area contributed by atoms with Crippen LogP contribution in [0.15, 0.2) is 146 Å². The SMILES string of the molecule is C[Si](C)(C)CCOCn1nc(/C=C/c2ccccc2)c2ccc(C(=O)c3cccc(N)c3)cc21.C[Si](C)(C)CCOCn1nc(/C=C/c2ccccc2)c2ccc(C(O)c3cccc([N+](=O)[O-])c3)cc21. The van der Waals surface area contributed by atoms with Gasteiger partial charge < -0.3 is 20.3 Å². The Morgan fingerprint density at radius 1 is 0.629 bits per heavy atom. The van der Waals surface area contributed by atoms with Gasteiger partial charge in [0, 0.05) is 69.1 Å². The average molecular weight is 971 g/mol. The Balaban J connectivity index is 0.000000207.